The molecule has 3 rings (SSSR count). The minimum absolute atomic E-state index is 0.277. The van der Waals surface area contributed by atoms with Crippen molar-refractivity contribution in [2.75, 3.05) is 13.2 Å². The molecular weight excluding hydrogens is 474 g/mol. The van der Waals surface area contributed by atoms with Crippen molar-refractivity contribution in [3.8, 4) is 0 Å². The van der Waals surface area contributed by atoms with Crippen LogP contribution >= 0.6 is 0 Å². The third kappa shape index (κ3) is 3.80. The summed E-state index contributed by atoms with van der Waals surface area (Å²) in [6.07, 6.45) is -3.83. The van der Waals surface area contributed by atoms with Gasteiger partial charge >= 0.3 is 18.0 Å². The zero-order valence-corrected chi connectivity index (χ0v) is 16.7. The molecule has 21 heteroatoms. The second-order valence-electron chi connectivity index (χ2n) is 6.68. The predicted octanol–water partition coefficient (Wildman–Crippen LogP) is -8.82. The minimum Gasteiger partial charge on any atom is -0.731 e. The molecular formula is C10H17N7O12S2. The Bertz CT molecular complexity index is 1070. The number of carbonyl (C=O) groups excluding carboxylic acids is 1. The van der Waals surface area contributed by atoms with E-state index in [9.17, 15) is 46.2 Å². The van der Waals surface area contributed by atoms with E-state index in [4.69, 9.17) is 11.5 Å². The summed E-state index contributed by atoms with van der Waals surface area (Å²) in [5.74, 6) is -4.17. The summed E-state index contributed by atoms with van der Waals surface area (Å²) in [5.41, 5.74) is 9.20. The normalized spacial score (nSPS) is 32.1. The van der Waals surface area contributed by atoms with E-state index >= 15 is 0 Å². The van der Waals surface area contributed by atoms with E-state index in [-0.39, 0.29) is 11.0 Å². The number of hydroxylamine groups is 2. The Kier molecular flexibility index (Phi) is 5.22. The molecule has 3 aliphatic heterocycles. The Balaban J connectivity index is 1.99. The van der Waals surface area contributed by atoms with Crippen LogP contribution in [0.2, 0.25) is 0 Å². The van der Waals surface area contributed by atoms with Gasteiger partial charge in [-0.15, -0.1) is 5.06 Å². The molecule has 10 N–H and O–H groups in total. The van der Waals surface area contributed by atoms with Crippen LogP contribution in [0.25, 0.3) is 0 Å². The molecule has 1 fully saturated rings. The standard InChI is InChI=1S/C10H17N7O12S2/c11-6-13-5-3(2-28-8(18)15-30(22,23)24)17(21)7(12)16-1-4(29-31(25,26)27)10(19,20)9(5,16)14-6/h3-5,12,19-21H,1-2H2,(H6,11,13,14,15,18,22,23,24,25,26,27)/t3-,4-,5-,9-/m0/s1. The average Bonchev–Trinajstić information content (AvgIpc) is 3.02. The van der Waals surface area contributed by atoms with Crippen LogP contribution in [0, 0.1) is 0 Å². The van der Waals surface area contributed by atoms with Gasteiger partial charge in [-0.25, -0.2) is 41.5 Å². The number of nitrogens with one attached hydrogen (secondary N) is 3. The monoisotopic (exact) mass is 491 g/mol. The molecule has 31 heavy (non-hydrogen) atoms. The third-order valence-electron chi connectivity index (χ3n) is 4.91. The average molecular weight is 491 g/mol. The summed E-state index contributed by atoms with van der Waals surface area (Å²) >= 11 is 0. The van der Waals surface area contributed by atoms with Crippen LogP contribution in [-0.2, 0) is 29.6 Å². The van der Waals surface area contributed by atoms with Crippen molar-refractivity contribution in [2.24, 2.45) is 11.5 Å². The Labute approximate surface area is 173 Å². The highest BCUT2D eigenvalue weighted by atomic mass is 32.3. The third-order valence-corrected chi connectivity index (χ3v) is 5.79. The van der Waals surface area contributed by atoms with Crippen molar-refractivity contribution in [3.63, 3.8) is 0 Å². The molecule has 0 bridgehead atoms. The summed E-state index contributed by atoms with van der Waals surface area (Å²) in [5, 5.41) is 34.6. The number of amides is 1. The number of rotatable bonds is 5. The molecule has 0 saturated carbocycles. The van der Waals surface area contributed by atoms with Gasteiger partial charge in [0, 0.05) is 0 Å². The van der Waals surface area contributed by atoms with Gasteiger partial charge in [0.1, 0.15) is 13.2 Å². The predicted molar refractivity (Wildman–Crippen MR) is 87.5 cm³/mol. The van der Waals surface area contributed by atoms with Crippen molar-refractivity contribution in [3.05, 3.63) is 0 Å². The molecule has 1 spiro atoms. The van der Waals surface area contributed by atoms with Gasteiger partial charge in [0.15, 0.2) is 28.5 Å². The van der Waals surface area contributed by atoms with Crippen LogP contribution < -0.4 is 26.5 Å². The van der Waals surface area contributed by atoms with Crippen LogP contribution in [-0.4, -0.2) is 112 Å². The quantitative estimate of drug-likeness (QED) is 0.0765. The Morgan fingerprint density at radius 1 is 1.35 bits per heavy atom. The summed E-state index contributed by atoms with van der Waals surface area (Å²) in [6.45, 7) is -1.64. The molecule has 0 aromatic rings. The first-order valence-corrected chi connectivity index (χ1v) is 10.8. The molecule has 3 heterocycles. The largest absolute Gasteiger partial charge is 0.731 e. The van der Waals surface area contributed by atoms with Gasteiger partial charge in [-0.05, 0) is 0 Å². The van der Waals surface area contributed by atoms with Gasteiger partial charge < -0.3 is 24.1 Å². The van der Waals surface area contributed by atoms with Crippen LogP contribution in [0.1, 0.15) is 0 Å². The lowest BCUT2D eigenvalue weighted by molar-refractivity contribution is -0.684. The summed E-state index contributed by atoms with van der Waals surface area (Å²) < 4.78 is 75.3. The van der Waals surface area contributed by atoms with E-state index in [0.29, 0.717) is 0 Å². The molecule has 19 nitrogen and oxygen atoms in total. The number of ether oxygens (including phenoxy) is 1. The van der Waals surface area contributed by atoms with E-state index < -0.39 is 75.5 Å². The van der Waals surface area contributed by atoms with E-state index in [1.807, 2.05) is 0 Å². The second-order valence-corrected chi connectivity index (χ2v) is 8.80. The fraction of sp³-hybridized carbons (Fsp3) is 0.700. The SMILES string of the molecule is NC1=[NH+][C@H]2[C@H](COC(=O)NS(=O)(=O)[O-])N(O)C(N)=[N+]3C[C@H](OS(=O)(=O)[O-])C(O)(O)[C@]23N1. The van der Waals surface area contributed by atoms with E-state index in [2.05, 4.69) is 19.2 Å². The topological polar surface area (TPSA) is 307 Å². The van der Waals surface area contributed by atoms with Crippen molar-refractivity contribution in [1.29, 1.82) is 0 Å². The number of hydrogen-bond acceptors (Lipinski definition) is 16. The number of aliphatic hydroxyl groups is 2. The van der Waals surface area contributed by atoms with Crippen molar-refractivity contribution < 1.29 is 64.6 Å². The molecule has 0 radical (unpaired) electrons. The Morgan fingerprint density at radius 2 is 1.97 bits per heavy atom. The highest BCUT2D eigenvalue weighted by Gasteiger charge is 2.80. The molecule has 0 aliphatic carbocycles. The maximum absolute atomic E-state index is 11.5. The van der Waals surface area contributed by atoms with E-state index in [1.165, 1.54) is 0 Å². The van der Waals surface area contributed by atoms with Crippen LogP contribution in [0.3, 0.4) is 0 Å². The van der Waals surface area contributed by atoms with Gasteiger partial charge in [-0.1, -0.05) is 0 Å². The molecule has 3 aliphatic rings. The fourth-order valence-electron chi connectivity index (χ4n) is 3.81. The fourth-order valence-corrected chi connectivity index (χ4v) is 4.55. The highest BCUT2D eigenvalue weighted by molar-refractivity contribution is 7.84. The molecule has 176 valence electrons. The Hall–Kier alpha value is -2.53. The van der Waals surface area contributed by atoms with Crippen LogP contribution in [0.15, 0.2) is 0 Å². The molecule has 0 aromatic heterocycles. The van der Waals surface area contributed by atoms with Gasteiger partial charge in [0.05, 0.1) is 0 Å². The number of carbonyl (C=O) groups is 1. The zero-order chi connectivity index (χ0) is 23.6. The first-order valence-electron chi connectivity index (χ1n) is 8.04. The first kappa shape index (κ1) is 23.1. The summed E-state index contributed by atoms with van der Waals surface area (Å²) in [6, 6.07) is -2.98. The van der Waals surface area contributed by atoms with Crippen molar-refractivity contribution in [2.45, 2.75) is 29.6 Å². The molecule has 4 atom stereocenters. The van der Waals surface area contributed by atoms with Crippen LogP contribution in [0.4, 0.5) is 4.79 Å². The van der Waals surface area contributed by atoms with Crippen LogP contribution in [0.5, 0.6) is 0 Å². The van der Waals surface area contributed by atoms with Crippen molar-refractivity contribution in [1.82, 2.24) is 15.1 Å². The first-order chi connectivity index (χ1) is 14.0. The maximum Gasteiger partial charge on any atom is 0.420 e. The lowest BCUT2D eigenvalue weighted by Crippen LogP contribution is -2.91. The van der Waals surface area contributed by atoms with Gasteiger partial charge in [0.2, 0.25) is 10.4 Å². The molecule has 1 amide bonds. The number of guanidine groups is 2. The number of nitrogens with two attached hydrogens (primary N) is 2. The van der Waals surface area contributed by atoms with Crippen molar-refractivity contribution >= 4 is 38.7 Å². The number of hydrogen-bond donors (Lipinski definition) is 8. The highest BCUT2D eigenvalue weighted by Crippen LogP contribution is 2.40. The minimum atomic E-state index is -5.42. The summed E-state index contributed by atoms with van der Waals surface area (Å²) in [4.78, 5) is 14.0. The molecule has 0 unspecified atom stereocenters. The summed E-state index contributed by atoms with van der Waals surface area (Å²) in [7, 11) is -10.6. The van der Waals surface area contributed by atoms with Gasteiger partial charge in [0.25, 0.3) is 11.4 Å². The Morgan fingerprint density at radius 3 is 2.52 bits per heavy atom. The maximum atomic E-state index is 11.5. The zero-order valence-electron chi connectivity index (χ0n) is 15.0. The van der Waals surface area contributed by atoms with E-state index in [1.54, 1.807) is 0 Å². The van der Waals surface area contributed by atoms with Gasteiger partial charge in [-0.3, -0.25) is 20.6 Å². The lowest BCUT2D eigenvalue weighted by Gasteiger charge is -2.42. The number of nitrogens with zero attached hydrogens (tertiary/aromatic N) is 2. The van der Waals surface area contributed by atoms with E-state index in [0.717, 1.165) is 9.30 Å². The van der Waals surface area contributed by atoms with Gasteiger partial charge in [-0.2, -0.15) is 0 Å². The smallest absolute Gasteiger partial charge is 0.420 e. The second kappa shape index (κ2) is 6.99. The molecule has 1 saturated heterocycles. The molecule has 0 aromatic carbocycles. The lowest BCUT2D eigenvalue weighted by atomic mass is 9.86.